The summed E-state index contributed by atoms with van der Waals surface area (Å²) in [4.78, 5) is 29.5. The van der Waals surface area contributed by atoms with Gasteiger partial charge in [0.1, 0.15) is 0 Å². The van der Waals surface area contributed by atoms with E-state index in [0.717, 1.165) is 0 Å². The molecule has 0 aliphatic rings. The van der Waals surface area contributed by atoms with E-state index < -0.39 is 5.97 Å². The largest absolute Gasteiger partial charge is 0.460 e. The van der Waals surface area contributed by atoms with E-state index in [4.69, 9.17) is 11.3 Å². The van der Waals surface area contributed by atoms with Crippen LogP contribution in [0.3, 0.4) is 0 Å². The maximum atomic E-state index is 11.6. The van der Waals surface area contributed by atoms with Gasteiger partial charge < -0.3 is 14.9 Å². The number of pyridine rings is 1. The first-order valence-corrected chi connectivity index (χ1v) is 4.91. The van der Waals surface area contributed by atoms with Crippen molar-refractivity contribution in [3.63, 3.8) is 0 Å². The van der Waals surface area contributed by atoms with Crippen molar-refractivity contribution in [2.24, 2.45) is 0 Å². The second kappa shape index (κ2) is 5.61. The van der Waals surface area contributed by atoms with Gasteiger partial charge >= 0.3 is 5.97 Å². The van der Waals surface area contributed by atoms with Crippen molar-refractivity contribution in [3.05, 3.63) is 29.2 Å². The van der Waals surface area contributed by atoms with Crippen LogP contribution in [0.4, 0.5) is 11.5 Å². The second-order valence-corrected chi connectivity index (χ2v) is 3.08. The highest BCUT2D eigenvalue weighted by molar-refractivity contribution is 5.99. The van der Waals surface area contributed by atoms with Gasteiger partial charge in [-0.25, -0.2) is 4.79 Å². The Bertz CT molecular complexity index is 491. The molecule has 0 bridgehead atoms. The van der Waals surface area contributed by atoms with Crippen molar-refractivity contribution in [2.45, 2.75) is 13.8 Å². The molecule has 1 heterocycles. The summed E-state index contributed by atoms with van der Waals surface area (Å²) in [6, 6.07) is 2.87. The van der Waals surface area contributed by atoms with Gasteiger partial charge in [0.15, 0.2) is 0 Å². The number of hydrogen-bond acceptors (Lipinski definition) is 4. The van der Waals surface area contributed by atoms with E-state index in [0.29, 0.717) is 0 Å². The van der Waals surface area contributed by atoms with Crippen LogP contribution in [0.2, 0.25) is 0 Å². The zero-order valence-electron chi connectivity index (χ0n) is 9.48. The van der Waals surface area contributed by atoms with E-state index in [9.17, 15) is 9.59 Å². The van der Waals surface area contributed by atoms with Crippen LogP contribution in [0, 0.1) is 6.57 Å². The van der Waals surface area contributed by atoms with Crippen molar-refractivity contribution in [2.75, 3.05) is 11.9 Å². The van der Waals surface area contributed by atoms with Crippen LogP contribution in [0.25, 0.3) is 4.85 Å². The quantitative estimate of drug-likeness (QED) is 0.637. The number of esters is 1. The zero-order chi connectivity index (χ0) is 12.8. The number of ether oxygens (including phenoxy) is 1. The molecule has 0 aliphatic carbocycles. The van der Waals surface area contributed by atoms with Crippen LogP contribution in [-0.2, 0) is 9.53 Å². The minimum Gasteiger partial charge on any atom is -0.460 e. The minimum atomic E-state index is -0.665. The summed E-state index contributed by atoms with van der Waals surface area (Å²) in [5.74, 6) is -0.920. The lowest BCUT2D eigenvalue weighted by molar-refractivity contribution is -0.114. The summed E-state index contributed by atoms with van der Waals surface area (Å²) in [7, 11) is 0. The highest BCUT2D eigenvalue weighted by atomic mass is 16.5. The Morgan fingerprint density at radius 1 is 1.53 bits per heavy atom. The first kappa shape index (κ1) is 12.6. The third-order valence-corrected chi connectivity index (χ3v) is 1.77. The van der Waals surface area contributed by atoms with Gasteiger partial charge in [0, 0.05) is 6.92 Å². The number of hydrogen-bond donors (Lipinski definition) is 1. The number of rotatable bonds is 3. The Hall–Kier alpha value is -2.42. The molecule has 0 aromatic carbocycles. The van der Waals surface area contributed by atoms with Gasteiger partial charge in [-0.2, -0.15) is 0 Å². The molecule has 0 saturated heterocycles. The predicted octanol–water partition coefficient (Wildman–Crippen LogP) is 1.77. The van der Waals surface area contributed by atoms with Crippen LogP contribution >= 0.6 is 0 Å². The number of nitrogens with one attached hydrogen (secondary N) is 1. The molecule has 1 aromatic heterocycles. The molecule has 0 spiro atoms. The van der Waals surface area contributed by atoms with Crippen molar-refractivity contribution < 1.29 is 14.3 Å². The van der Waals surface area contributed by atoms with Crippen molar-refractivity contribution >= 4 is 23.4 Å². The fraction of sp³-hybridized carbons (Fsp3) is 0.273. The summed E-state index contributed by atoms with van der Waals surface area (Å²) in [6.45, 7) is 9.99. The lowest BCUT2D eigenvalue weighted by Crippen LogP contribution is -2.14. The van der Waals surface area contributed by atoms with Gasteiger partial charge in [0.2, 0.25) is 5.91 Å². The number of amides is 1. The smallest absolute Gasteiger partial charge is 0.383 e. The second-order valence-electron chi connectivity index (χ2n) is 3.08. The molecular formula is C11H11N3O3. The molecule has 0 atom stereocenters. The molecule has 0 fully saturated rings. The Balaban J connectivity index is 3.16. The van der Waals surface area contributed by atoms with Crippen LogP contribution in [0.1, 0.15) is 24.3 Å². The monoisotopic (exact) mass is 233 g/mol. The van der Waals surface area contributed by atoms with Crippen LogP contribution in [0.5, 0.6) is 0 Å². The lowest BCUT2D eigenvalue weighted by atomic mass is 10.3. The summed E-state index contributed by atoms with van der Waals surface area (Å²) >= 11 is 0. The van der Waals surface area contributed by atoms with Crippen molar-refractivity contribution in [1.29, 1.82) is 0 Å². The van der Waals surface area contributed by atoms with E-state index >= 15 is 0 Å². The van der Waals surface area contributed by atoms with Crippen LogP contribution in [0.15, 0.2) is 12.1 Å². The first-order chi connectivity index (χ1) is 8.08. The topological polar surface area (TPSA) is 72.7 Å². The number of anilines is 1. The third kappa shape index (κ3) is 3.28. The zero-order valence-corrected chi connectivity index (χ0v) is 9.48. The average molecular weight is 233 g/mol. The molecule has 0 radical (unpaired) electrons. The molecule has 0 aliphatic heterocycles. The average Bonchev–Trinajstić information content (AvgIpc) is 2.29. The highest BCUT2D eigenvalue weighted by Gasteiger charge is 2.20. The van der Waals surface area contributed by atoms with Gasteiger partial charge in [-0.05, 0) is 19.1 Å². The normalized spacial score (nSPS) is 9.24. The van der Waals surface area contributed by atoms with E-state index in [-0.39, 0.29) is 29.7 Å². The first-order valence-electron chi connectivity index (χ1n) is 4.91. The number of nitrogens with zero attached hydrogens (tertiary/aromatic N) is 2. The molecule has 1 N–H and O–H groups in total. The Labute approximate surface area is 98.4 Å². The van der Waals surface area contributed by atoms with Gasteiger partial charge in [-0.1, -0.05) is 6.57 Å². The molecular weight excluding hydrogens is 222 g/mol. The SMILES string of the molecule is [C-]#[N+]c1ccc(NC(C)=O)c(C(=O)OCC)n1. The lowest BCUT2D eigenvalue weighted by Gasteiger charge is -2.05. The van der Waals surface area contributed by atoms with Crippen molar-refractivity contribution in [3.8, 4) is 0 Å². The summed E-state index contributed by atoms with van der Waals surface area (Å²) in [6.07, 6.45) is 0. The molecule has 1 rings (SSSR count). The number of carbonyl (C=O) groups is 2. The Morgan fingerprint density at radius 2 is 2.24 bits per heavy atom. The van der Waals surface area contributed by atoms with Gasteiger partial charge in [-0.3, -0.25) is 4.79 Å². The molecule has 0 saturated carbocycles. The summed E-state index contributed by atoms with van der Waals surface area (Å²) < 4.78 is 4.79. The van der Waals surface area contributed by atoms with E-state index in [1.165, 1.54) is 19.1 Å². The van der Waals surface area contributed by atoms with E-state index in [1.54, 1.807) is 6.92 Å². The fourth-order valence-corrected chi connectivity index (χ4v) is 1.16. The van der Waals surface area contributed by atoms with E-state index in [1.807, 2.05) is 0 Å². The molecule has 6 nitrogen and oxygen atoms in total. The molecule has 6 heteroatoms. The summed E-state index contributed by atoms with van der Waals surface area (Å²) in [5.41, 5.74) is 0.180. The number of carbonyl (C=O) groups excluding carboxylic acids is 2. The molecule has 1 aromatic rings. The Morgan fingerprint density at radius 3 is 2.76 bits per heavy atom. The molecule has 88 valence electrons. The Kier molecular flexibility index (Phi) is 4.17. The third-order valence-electron chi connectivity index (χ3n) is 1.77. The van der Waals surface area contributed by atoms with Crippen LogP contribution in [-0.4, -0.2) is 23.5 Å². The highest BCUT2D eigenvalue weighted by Crippen LogP contribution is 2.19. The summed E-state index contributed by atoms with van der Waals surface area (Å²) in [5, 5.41) is 2.46. The van der Waals surface area contributed by atoms with Gasteiger partial charge in [0.25, 0.3) is 11.5 Å². The minimum absolute atomic E-state index is 0.0597. The predicted molar refractivity (Wildman–Crippen MR) is 60.8 cm³/mol. The molecule has 17 heavy (non-hydrogen) atoms. The molecule has 0 unspecified atom stereocenters. The standard InChI is InChI=1S/C11H11N3O3/c1-4-17-11(16)10-8(13-7(2)15)5-6-9(12-3)14-10/h5-6H,4H2,1-2H3,(H,13,15). The van der Waals surface area contributed by atoms with Gasteiger partial charge in [-0.15, -0.1) is 4.98 Å². The molecule has 1 amide bonds. The van der Waals surface area contributed by atoms with E-state index in [2.05, 4.69) is 15.1 Å². The number of aromatic nitrogens is 1. The fourth-order valence-electron chi connectivity index (χ4n) is 1.16. The maximum Gasteiger partial charge on any atom is 0.383 e. The van der Waals surface area contributed by atoms with Crippen molar-refractivity contribution in [1.82, 2.24) is 4.98 Å². The van der Waals surface area contributed by atoms with Crippen LogP contribution < -0.4 is 5.32 Å². The maximum absolute atomic E-state index is 11.6. The van der Waals surface area contributed by atoms with Gasteiger partial charge in [0.05, 0.1) is 12.3 Å².